The van der Waals surface area contributed by atoms with Crippen molar-refractivity contribution < 1.29 is 14.3 Å². The topological polar surface area (TPSA) is 60.5 Å². The maximum atomic E-state index is 12.4. The number of carbonyl (C=O) groups is 1. The van der Waals surface area contributed by atoms with Crippen molar-refractivity contribution in [2.75, 3.05) is 12.1 Å². The molecule has 3 aromatic rings. The van der Waals surface area contributed by atoms with E-state index in [4.69, 9.17) is 9.47 Å². The van der Waals surface area contributed by atoms with E-state index in [9.17, 15) is 4.79 Å². The first-order valence-electron chi connectivity index (χ1n) is 7.84. The van der Waals surface area contributed by atoms with Crippen molar-refractivity contribution in [2.45, 2.75) is 13.8 Å². The maximum Gasteiger partial charge on any atom is 0.257 e. The number of benzene rings is 2. The highest BCUT2D eigenvalue weighted by Crippen LogP contribution is 2.33. The Morgan fingerprint density at radius 2 is 1.92 bits per heavy atom. The van der Waals surface area contributed by atoms with Crippen molar-refractivity contribution >= 4 is 22.4 Å². The lowest BCUT2D eigenvalue weighted by molar-refractivity contribution is 0.102. The van der Waals surface area contributed by atoms with E-state index in [1.807, 2.05) is 11.4 Å². The van der Waals surface area contributed by atoms with Gasteiger partial charge in [-0.05, 0) is 49.2 Å². The molecule has 0 fully saturated rings. The number of hydrogen-bond acceptors (Lipinski definition) is 5. The van der Waals surface area contributed by atoms with Crippen LogP contribution in [0.25, 0.3) is 11.3 Å². The van der Waals surface area contributed by atoms with Crippen LogP contribution < -0.4 is 14.8 Å². The molecule has 0 radical (unpaired) electrons. The van der Waals surface area contributed by atoms with E-state index >= 15 is 0 Å². The molecule has 126 valence electrons. The minimum atomic E-state index is -0.223. The maximum absolute atomic E-state index is 12.4. The Balaban J connectivity index is 1.52. The third kappa shape index (κ3) is 3.08. The molecule has 0 bridgehead atoms. The first kappa shape index (κ1) is 15.7. The zero-order chi connectivity index (χ0) is 17.4. The minimum absolute atomic E-state index is 0.187. The Kier molecular flexibility index (Phi) is 3.89. The average Bonchev–Trinajstić information content (AvgIpc) is 3.25. The van der Waals surface area contributed by atoms with Crippen LogP contribution in [-0.4, -0.2) is 17.7 Å². The van der Waals surface area contributed by atoms with Gasteiger partial charge in [-0.15, -0.1) is 11.3 Å². The van der Waals surface area contributed by atoms with E-state index in [-0.39, 0.29) is 12.7 Å². The summed E-state index contributed by atoms with van der Waals surface area (Å²) in [7, 11) is 0. The van der Waals surface area contributed by atoms with Gasteiger partial charge in [-0.2, -0.15) is 0 Å². The summed E-state index contributed by atoms with van der Waals surface area (Å²) in [6.07, 6.45) is 0. The van der Waals surface area contributed by atoms with Crippen LogP contribution in [0.4, 0.5) is 5.13 Å². The molecule has 1 aromatic heterocycles. The molecule has 0 saturated heterocycles. The van der Waals surface area contributed by atoms with Crippen LogP contribution in [0.5, 0.6) is 11.5 Å². The highest BCUT2D eigenvalue weighted by atomic mass is 32.1. The lowest BCUT2D eigenvalue weighted by atomic mass is 10.1. The van der Waals surface area contributed by atoms with Gasteiger partial charge >= 0.3 is 0 Å². The summed E-state index contributed by atoms with van der Waals surface area (Å²) in [5.74, 6) is 1.02. The van der Waals surface area contributed by atoms with E-state index in [1.54, 1.807) is 18.2 Å². The fourth-order valence-electron chi connectivity index (χ4n) is 2.57. The van der Waals surface area contributed by atoms with Gasteiger partial charge in [-0.25, -0.2) is 4.98 Å². The summed E-state index contributed by atoms with van der Waals surface area (Å²) in [6.45, 7) is 4.34. The van der Waals surface area contributed by atoms with Gasteiger partial charge in [-0.1, -0.05) is 12.1 Å². The van der Waals surface area contributed by atoms with Gasteiger partial charge in [0.2, 0.25) is 6.79 Å². The second-order valence-electron chi connectivity index (χ2n) is 5.86. The number of rotatable bonds is 3. The predicted octanol–water partition coefficient (Wildman–Crippen LogP) is 4.41. The summed E-state index contributed by atoms with van der Waals surface area (Å²) in [5.41, 5.74) is 4.87. The molecule has 25 heavy (non-hydrogen) atoms. The molecule has 0 spiro atoms. The summed E-state index contributed by atoms with van der Waals surface area (Å²) in [6, 6.07) is 11.3. The van der Waals surface area contributed by atoms with E-state index in [2.05, 4.69) is 36.3 Å². The van der Waals surface area contributed by atoms with Crippen LogP contribution >= 0.6 is 11.3 Å². The number of fused-ring (bicyclic) bond motifs is 1. The summed E-state index contributed by atoms with van der Waals surface area (Å²) < 4.78 is 10.6. The number of anilines is 1. The zero-order valence-electron chi connectivity index (χ0n) is 13.8. The van der Waals surface area contributed by atoms with Gasteiger partial charge in [0.05, 0.1) is 5.69 Å². The van der Waals surface area contributed by atoms with Crippen LogP contribution in [0.15, 0.2) is 41.8 Å². The molecule has 6 heteroatoms. The Hall–Kier alpha value is -2.86. The lowest BCUT2D eigenvalue weighted by Gasteiger charge is -2.04. The van der Waals surface area contributed by atoms with Gasteiger partial charge < -0.3 is 9.47 Å². The van der Waals surface area contributed by atoms with Gasteiger partial charge in [0, 0.05) is 16.5 Å². The standard InChI is InChI=1S/C19H16N2O3S/c1-11-3-4-13(7-12(11)2)15-9-25-19(20-15)21-18(22)14-5-6-16-17(8-14)24-10-23-16/h3-9H,10H2,1-2H3,(H,20,21,22). The number of thiazole rings is 1. The second-order valence-corrected chi connectivity index (χ2v) is 6.72. The van der Waals surface area contributed by atoms with Crippen LogP contribution in [-0.2, 0) is 0 Å². The number of nitrogens with zero attached hydrogens (tertiary/aromatic N) is 1. The smallest absolute Gasteiger partial charge is 0.257 e. The van der Waals surface area contributed by atoms with Crippen LogP contribution in [0, 0.1) is 13.8 Å². The number of amides is 1. The lowest BCUT2D eigenvalue weighted by Crippen LogP contribution is -2.11. The molecule has 1 aliphatic rings. The van der Waals surface area contributed by atoms with Crippen LogP contribution in [0.1, 0.15) is 21.5 Å². The Labute approximate surface area is 149 Å². The molecule has 1 amide bonds. The Bertz CT molecular complexity index is 965. The third-order valence-electron chi connectivity index (χ3n) is 4.16. The van der Waals surface area contributed by atoms with E-state index in [0.29, 0.717) is 22.2 Å². The van der Waals surface area contributed by atoms with E-state index < -0.39 is 0 Å². The molecule has 5 nitrogen and oxygen atoms in total. The Morgan fingerprint density at radius 3 is 2.76 bits per heavy atom. The summed E-state index contributed by atoms with van der Waals surface area (Å²) in [4.78, 5) is 16.9. The molecule has 0 aliphatic carbocycles. The summed E-state index contributed by atoms with van der Waals surface area (Å²) >= 11 is 1.40. The molecular weight excluding hydrogens is 336 g/mol. The monoisotopic (exact) mass is 352 g/mol. The van der Waals surface area contributed by atoms with Gasteiger partial charge in [-0.3, -0.25) is 10.1 Å². The van der Waals surface area contributed by atoms with Gasteiger partial charge in [0.25, 0.3) is 5.91 Å². The molecular formula is C19H16N2O3S. The van der Waals surface area contributed by atoms with Crippen molar-refractivity contribution in [3.63, 3.8) is 0 Å². The highest BCUT2D eigenvalue weighted by molar-refractivity contribution is 7.14. The number of aromatic nitrogens is 1. The van der Waals surface area contributed by atoms with Crippen molar-refractivity contribution in [2.24, 2.45) is 0 Å². The highest BCUT2D eigenvalue weighted by Gasteiger charge is 2.17. The first-order valence-corrected chi connectivity index (χ1v) is 8.72. The second kappa shape index (κ2) is 6.22. The fourth-order valence-corrected chi connectivity index (χ4v) is 3.29. The van der Waals surface area contributed by atoms with E-state index in [1.165, 1.54) is 22.5 Å². The molecule has 0 saturated carbocycles. The quantitative estimate of drug-likeness (QED) is 0.758. The predicted molar refractivity (Wildman–Crippen MR) is 97.5 cm³/mol. The minimum Gasteiger partial charge on any atom is -0.454 e. The first-order chi connectivity index (χ1) is 12.1. The largest absolute Gasteiger partial charge is 0.454 e. The van der Waals surface area contributed by atoms with Crippen molar-refractivity contribution in [3.05, 3.63) is 58.5 Å². The van der Waals surface area contributed by atoms with Crippen LogP contribution in [0.2, 0.25) is 0 Å². The molecule has 0 atom stereocenters. The van der Waals surface area contributed by atoms with Crippen molar-refractivity contribution in [1.82, 2.24) is 4.98 Å². The summed E-state index contributed by atoms with van der Waals surface area (Å²) in [5, 5.41) is 5.35. The molecule has 2 heterocycles. The zero-order valence-corrected chi connectivity index (χ0v) is 14.6. The molecule has 1 N–H and O–H groups in total. The number of hydrogen-bond donors (Lipinski definition) is 1. The fraction of sp³-hybridized carbons (Fsp3) is 0.158. The molecule has 2 aromatic carbocycles. The molecule has 4 rings (SSSR count). The number of carbonyl (C=O) groups excluding carboxylic acids is 1. The molecule has 0 unspecified atom stereocenters. The van der Waals surface area contributed by atoms with Crippen LogP contribution in [0.3, 0.4) is 0 Å². The average molecular weight is 352 g/mol. The van der Waals surface area contributed by atoms with Crippen molar-refractivity contribution in [1.29, 1.82) is 0 Å². The number of nitrogens with one attached hydrogen (secondary N) is 1. The molecule has 1 aliphatic heterocycles. The third-order valence-corrected chi connectivity index (χ3v) is 4.92. The van der Waals surface area contributed by atoms with Gasteiger partial charge in [0.15, 0.2) is 16.6 Å². The number of ether oxygens (including phenoxy) is 2. The SMILES string of the molecule is Cc1ccc(-c2csc(NC(=O)c3ccc4c(c3)OCO4)n2)cc1C. The number of aryl methyl sites for hydroxylation is 2. The normalized spacial score (nSPS) is 12.2. The van der Waals surface area contributed by atoms with Gasteiger partial charge in [0.1, 0.15) is 0 Å². The Morgan fingerprint density at radius 1 is 1.08 bits per heavy atom. The van der Waals surface area contributed by atoms with Crippen molar-refractivity contribution in [3.8, 4) is 22.8 Å². The van der Waals surface area contributed by atoms with E-state index in [0.717, 1.165) is 11.3 Å².